The first-order valence-corrected chi connectivity index (χ1v) is 5.68. The van der Waals surface area contributed by atoms with E-state index in [9.17, 15) is 4.79 Å². The smallest absolute Gasteiger partial charge is 0.275 e. The summed E-state index contributed by atoms with van der Waals surface area (Å²) >= 11 is 0. The number of rotatable bonds is 2. The van der Waals surface area contributed by atoms with Crippen molar-refractivity contribution in [3.05, 3.63) is 54.0 Å². The Balaban J connectivity index is 2.13. The highest BCUT2D eigenvalue weighted by Crippen LogP contribution is 2.06. The van der Waals surface area contributed by atoms with E-state index in [1.807, 2.05) is 0 Å². The topological polar surface area (TPSA) is 80.9 Å². The van der Waals surface area contributed by atoms with Crippen LogP contribution in [0.4, 0.5) is 5.82 Å². The number of anilines is 1. The standard InChI is InChI=1S/C14H12N4O/c15-9-4-6-11-5-3-8-13(17-11)18-14(19)12-7-1-2-10-16-12/h1-3,5,7-8,10H,9,15H2,(H,17,18,19). The summed E-state index contributed by atoms with van der Waals surface area (Å²) in [4.78, 5) is 20.0. The van der Waals surface area contributed by atoms with Crippen molar-refractivity contribution in [1.29, 1.82) is 0 Å². The number of nitrogens with zero attached hydrogens (tertiary/aromatic N) is 2. The third-order valence-corrected chi connectivity index (χ3v) is 2.21. The number of nitrogens with one attached hydrogen (secondary N) is 1. The summed E-state index contributed by atoms with van der Waals surface area (Å²) in [6.45, 7) is 0.270. The molecule has 19 heavy (non-hydrogen) atoms. The van der Waals surface area contributed by atoms with Gasteiger partial charge in [-0.1, -0.05) is 18.1 Å². The van der Waals surface area contributed by atoms with Crippen molar-refractivity contribution in [2.24, 2.45) is 5.73 Å². The molecule has 0 radical (unpaired) electrons. The maximum Gasteiger partial charge on any atom is 0.275 e. The van der Waals surface area contributed by atoms with Crippen LogP contribution >= 0.6 is 0 Å². The van der Waals surface area contributed by atoms with E-state index in [-0.39, 0.29) is 12.5 Å². The van der Waals surface area contributed by atoms with Gasteiger partial charge in [-0.2, -0.15) is 0 Å². The van der Waals surface area contributed by atoms with Gasteiger partial charge in [-0.3, -0.25) is 9.78 Å². The first kappa shape index (κ1) is 12.7. The molecule has 1 amide bonds. The zero-order valence-corrected chi connectivity index (χ0v) is 10.1. The molecule has 0 unspecified atom stereocenters. The fourth-order valence-corrected chi connectivity index (χ4v) is 1.39. The van der Waals surface area contributed by atoms with E-state index in [1.54, 1.807) is 42.6 Å². The van der Waals surface area contributed by atoms with E-state index in [0.717, 1.165) is 0 Å². The third-order valence-electron chi connectivity index (χ3n) is 2.21. The van der Waals surface area contributed by atoms with Crippen LogP contribution in [0.2, 0.25) is 0 Å². The Morgan fingerprint density at radius 1 is 1.26 bits per heavy atom. The van der Waals surface area contributed by atoms with Gasteiger partial charge in [0.2, 0.25) is 0 Å². The lowest BCUT2D eigenvalue weighted by molar-refractivity contribution is 0.102. The second-order valence-corrected chi connectivity index (χ2v) is 3.58. The van der Waals surface area contributed by atoms with Gasteiger partial charge < -0.3 is 11.1 Å². The summed E-state index contributed by atoms with van der Waals surface area (Å²) in [5.74, 6) is 5.63. The first-order valence-electron chi connectivity index (χ1n) is 5.68. The van der Waals surface area contributed by atoms with Crippen molar-refractivity contribution in [1.82, 2.24) is 9.97 Å². The van der Waals surface area contributed by atoms with Crippen molar-refractivity contribution in [2.75, 3.05) is 11.9 Å². The molecule has 0 saturated carbocycles. The highest BCUT2D eigenvalue weighted by Gasteiger charge is 2.07. The van der Waals surface area contributed by atoms with Crippen molar-refractivity contribution in [3.63, 3.8) is 0 Å². The largest absolute Gasteiger partial charge is 0.320 e. The number of hydrogen-bond acceptors (Lipinski definition) is 4. The monoisotopic (exact) mass is 252 g/mol. The lowest BCUT2D eigenvalue weighted by Crippen LogP contribution is -2.14. The van der Waals surface area contributed by atoms with E-state index in [4.69, 9.17) is 5.73 Å². The molecule has 0 bridgehead atoms. The van der Waals surface area contributed by atoms with E-state index in [1.165, 1.54) is 0 Å². The van der Waals surface area contributed by atoms with Gasteiger partial charge in [-0.15, -0.1) is 0 Å². The van der Waals surface area contributed by atoms with Crippen LogP contribution in [0.5, 0.6) is 0 Å². The molecule has 3 N–H and O–H groups in total. The van der Waals surface area contributed by atoms with Crippen LogP contribution in [0.15, 0.2) is 42.6 Å². The Bertz CT molecular complexity index is 629. The molecule has 2 rings (SSSR count). The Hall–Kier alpha value is -2.71. The van der Waals surface area contributed by atoms with Crippen molar-refractivity contribution < 1.29 is 4.79 Å². The van der Waals surface area contributed by atoms with Crippen LogP contribution in [0.25, 0.3) is 0 Å². The fourth-order valence-electron chi connectivity index (χ4n) is 1.39. The van der Waals surface area contributed by atoms with Crippen LogP contribution in [0.1, 0.15) is 16.2 Å². The van der Waals surface area contributed by atoms with E-state index < -0.39 is 0 Å². The Morgan fingerprint density at radius 2 is 2.16 bits per heavy atom. The van der Waals surface area contributed by atoms with Crippen LogP contribution < -0.4 is 11.1 Å². The van der Waals surface area contributed by atoms with Crippen molar-refractivity contribution in [2.45, 2.75) is 0 Å². The quantitative estimate of drug-likeness (QED) is 0.782. The van der Waals surface area contributed by atoms with Gasteiger partial charge in [0.1, 0.15) is 17.2 Å². The molecule has 0 saturated heterocycles. The summed E-state index contributed by atoms with van der Waals surface area (Å²) in [7, 11) is 0. The fraction of sp³-hybridized carbons (Fsp3) is 0.0714. The highest BCUT2D eigenvalue weighted by atomic mass is 16.1. The van der Waals surface area contributed by atoms with Crippen LogP contribution in [0, 0.1) is 11.8 Å². The summed E-state index contributed by atoms with van der Waals surface area (Å²) in [6.07, 6.45) is 1.56. The molecule has 94 valence electrons. The highest BCUT2D eigenvalue weighted by molar-refractivity contribution is 6.02. The van der Waals surface area contributed by atoms with Crippen LogP contribution in [-0.2, 0) is 0 Å². The molecular weight excluding hydrogens is 240 g/mol. The predicted molar refractivity (Wildman–Crippen MR) is 72.4 cm³/mol. The zero-order chi connectivity index (χ0) is 13.5. The van der Waals surface area contributed by atoms with E-state index in [2.05, 4.69) is 27.1 Å². The van der Waals surface area contributed by atoms with E-state index >= 15 is 0 Å². The number of nitrogens with two attached hydrogens (primary N) is 1. The molecule has 0 aliphatic carbocycles. The first-order chi connectivity index (χ1) is 9.29. The molecule has 0 aliphatic rings. The molecule has 2 aromatic rings. The minimum absolute atomic E-state index is 0.270. The Labute approximate surface area is 110 Å². The normalized spacial score (nSPS) is 9.32. The number of amides is 1. The molecule has 5 heteroatoms. The lowest BCUT2D eigenvalue weighted by atomic mass is 10.3. The summed E-state index contributed by atoms with van der Waals surface area (Å²) in [5, 5.41) is 2.66. The zero-order valence-electron chi connectivity index (χ0n) is 10.1. The lowest BCUT2D eigenvalue weighted by Gasteiger charge is -2.03. The molecule has 5 nitrogen and oxygen atoms in total. The molecule has 2 heterocycles. The van der Waals surface area contributed by atoms with Gasteiger partial charge in [0.05, 0.1) is 6.54 Å². The van der Waals surface area contributed by atoms with Gasteiger partial charge in [0, 0.05) is 6.20 Å². The van der Waals surface area contributed by atoms with E-state index in [0.29, 0.717) is 17.2 Å². The number of pyridine rings is 2. The molecule has 0 aromatic carbocycles. The SMILES string of the molecule is NCC#Cc1cccc(NC(=O)c2ccccn2)n1. The number of aromatic nitrogens is 2. The second-order valence-electron chi connectivity index (χ2n) is 3.58. The molecule has 0 fully saturated rings. The van der Waals surface area contributed by atoms with Crippen LogP contribution in [-0.4, -0.2) is 22.4 Å². The molecular formula is C14H12N4O. The van der Waals surface area contributed by atoms with Gasteiger partial charge in [-0.05, 0) is 30.2 Å². The predicted octanol–water partition coefficient (Wildman–Crippen LogP) is 1.04. The molecule has 0 atom stereocenters. The maximum atomic E-state index is 11.9. The third kappa shape index (κ3) is 3.63. The average Bonchev–Trinajstić information content (AvgIpc) is 2.46. The van der Waals surface area contributed by atoms with Gasteiger partial charge >= 0.3 is 0 Å². The number of carbonyl (C=O) groups excluding carboxylic acids is 1. The summed E-state index contributed by atoms with van der Waals surface area (Å²) < 4.78 is 0. The second kappa shape index (κ2) is 6.28. The number of carbonyl (C=O) groups is 1. The van der Waals surface area contributed by atoms with Gasteiger partial charge in [0.15, 0.2) is 0 Å². The van der Waals surface area contributed by atoms with Crippen molar-refractivity contribution >= 4 is 11.7 Å². The minimum atomic E-state index is -0.308. The Kier molecular flexibility index (Phi) is 4.21. The van der Waals surface area contributed by atoms with Gasteiger partial charge in [-0.25, -0.2) is 4.98 Å². The molecule has 0 spiro atoms. The number of hydrogen-bond donors (Lipinski definition) is 2. The summed E-state index contributed by atoms with van der Waals surface area (Å²) in [5.41, 5.74) is 6.19. The molecule has 0 aliphatic heterocycles. The van der Waals surface area contributed by atoms with Gasteiger partial charge in [0.25, 0.3) is 5.91 Å². The van der Waals surface area contributed by atoms with Crippen LogP contribution in [0.3, 0.4) is 0 Å². The minimum Gasteiger partial charge on any atom is -0.320 e. The Morgan fingerprint density at radius 3 is 2.89 bits per heavy atom. The van der Waals surface area contributed by atoms with Crippen molar-refractivity contribution in [3.8, 4) is 11.8 Å². The molecule has 2 aromatic heterocycles. The average molecular weight is 252 g/mol. The maximum absolute atomic E-state index is 11.9. The summed E-state index contributed by atoms with van der Waals surface area (Å²) in [6, 6.07) is 10.3.